The predicted molar refractivity (Wildman–Crippen MR) is 108 cm³/mol. The summed E-state index contributed by atoms with van der Waals surface area (Å²) in [5.74, 6) is -0.570. The molecule has 27 heavy (non-hydrogen) atoms. The number of anilines is 2. The van der Waals surface area contributed by atoms with Gasteiger partial charge in [0.15, 0.2) is 5.78 Å². The molecule has 0 aromatic heterocycles. The Balaban J connectivity index is 2.36. The van der Waals surface area contributed by atoms with Crippen LogP contribution in [0.5, 0.6) is 0 Å². The van der Waals surface area contributed by atoms with Gasteiger partial charge in [0.2, 0.25) is 15.9 Å². The number of carbonyl (C=O) groups excluding carboxylic acids is 2. The third kappa shape index (κ3) is 5.17. The molecule has 2 rings (SSSR count). The van der Waals surface area contributed by atoms with Gasteiger partial charge in [-0.1, -0.05) is 36.8 Å². The van der Waals surface area contributed by atoms with Crippen LogP contribution in [0.4, 0.5) is 11.4 Å². The van der Waals surface area contributed by atoms with Gasteiger partial charge in [-0.05, 0) is 44.5 Å². The van der Waals surface area contributed by atoms with Crippen LogP contribution in [-0.2, 0) is 14.8 Å². The number of nitrogens with zero attached hydrogens (tertiary/aromatic N) is 1. The van der Waals surface area contributed by atoms with E-state index >= 15 is 0 Å². The number of amides is 1. The second kappa shape index (κ2) is 8.35. The van der Waals surface area contributed by atoms with Gasteiger partial charge >= 0.3 is 0 Å². The van der Waals surface area contributed by atoms with Crippen molar-refractivity contribution < 1.29 is 18.0 Å². The second-order valence-corrected chi connectivity index (χ2v) is 8.30. The van der Waals surface area contributed by atoms with E-state index in [0.717, 1.165) is 16.1 Å². The molecule has 0 heterocycles. The Kier molecular flexibility index (Phi) is 6.38. The molecule has 0 unspecified atom stereocenters. The van der Waals surface area contributed by atoms with Gasteiger partial charge in [-0.25, -0.2) is 8.42 Å². The Hall–Kier alpha value is -2.67. The summed E-state index contributed by atoms with van der Waals surface area (Å²) in [7, 11) is -3.68. The summed E-state index contributed by atoms with van der Waals surface area (Å²) in [6.07, 6.45) is 1.37. The van der Waals surface area contributed by atoms with E-state index in [2.05, 4.69) is 5.32 Å². The van der Waals surface area contributed by atoms with Crippen LogP contribution >= 0.6 is 0 Å². The number of rotatable bonds is 7. The quantitative estimate of drug-likeness (QED) is 0.737. The van der Waals surface area contributed by atoms with E-state index in [9.17, 15) is 18.0 Å². The van der Waals surface area contributed by atoms with E-state index < -0.39 is 22.0 Å². The van der Waals surface area contributed by atoms with Crippen molar-refractivity contribution in [1.82, 2.24) is 0 Å². The van der Waals surface area contributed by atoms with Crippen LogP contribution in [0.1, 0.15) is 36.2 Å². The van der Waals surface area contributed by atoms with Crippen LogP contribution in [-0.4, -0.2) is 32.4 Å². The zero-order valence-corrected chi connectivity index (χ0v) is 16.7. The van der Waals surface area contributed by atoms with Crippen molar-refractivity contribution in [1.29, 1.82) is 0 Å². The van der Waals surface area contributed by atoms with Gasteiger partial charge in [-0.2, -0.15) is 0 Å². The molecule has 2 aromatic rings. The zero-order valence-electron chi connectivity index (χ0n) is 15.9. The Morgan fingerprint density at radius 1 is 1.11 bits per heavy atom. The number of hydrogen-bond acceptors (Lipinski definition) is 4. The molecule has 0 aliphatic carbocycles. The maximum atomic E-state index is 12.9. The lowest BCUT2D eigenvalue weighted by atomic mass is 10.1. The monoisotopic (exact) mass is 388 g/mol. The van der Waals surface area contributed by atoms with Crippen LogP contribution in [0.25, 0.3) is 0 Å². The third-order valence-electron chi connectivity index (χ3n) is 4.15. The smallest absolute Gasteiger partial charge is 0.248 e. The minimum absolute atomic E-state index is 0.115. The molecule has 0 radical (unpaired) electrons. The number of aryl methyl sites for hydroxylation is 1. The molecular weight excluding hydrogens is 364 g/mol. The molecule has 1 atom stereocenters. The Bertz CT molecular complexity index is 937. The number of nitrogens with one attached hydrogen (secondary N) is 1. The molecule has 0 aliphatic rings. The van der Waals surface area contributed by atoms with Crippen molar-refractivity contribution in [3.63, 3.8) is 0 Å². The maximum Gasteiger partial charge on any atom is 0.248 e. The van der Waals surface area contributed by atoms with E-state index in [0.29, 0.717) is 23.4 Å². The summed E-state index contributed by atoms with van der Waals surface area (Å²) in [4.78, 5) is 24.4. The molecule has 0 aliphatic heterocycles. The fourth-order valence-electron chi connectivity index (χ4n) is 2.79. The summed E-state index contributed by atoms with van der Waals surface area (Å²) >= 11 is 0. The summed E-state index contributed by atoms with van der Waals surface area (Å²) in [6, 6.07) is 12.6. The molecule has 0 saturated heterocycles. The van der Waals surface area contributed by atoms with Crippen molar-refractivity contribution in [2.45, 2.75) is 33.2 Å². The van der Waals surface area contributed by atoms with Crippen molar-refractivity contribution >= 4 is 33.1 Å². The second-order valence-electron chi connectivity index (χ2n) is 6.44. The minimum atomic E-state index is -3.68. The number of hydrogen-bond donors (Lipinski definition) is 1. The topological polar surface area (TPSA) is 83.6 Å². The van der Waals surface area contributed by atoms with Crippen LogP contribution in [0.15, 0.2) is 48.5 Å². The third-order valence-corrected chi connectivity index (χ3v) is 5.33. The first-order chi connectivity index (χ1) is 12.6. The molecule has 0 bridgehead atoms. The maximum absolute atomic E-state index is 12.9. The summed E-state index contributed by atoms with van der Waals surface area (Å²) < 4.78 is 26.0. The lowest BCUT2D eigenvalue weighted by Crippen LogP contribution is -2.47. The first kappa shape index (κ1) is 20.6. The SMILES string of the molecule is CC[C@@H](C(=O)Nc1cccc(C(C)=O)c1)N(c1ccc(C)cc1)S(C)(=O)=O. The fourth-order valence-corrected chi connectivity index (χ4v) is 4.01. The van der Waals surface area contributed by atoms with Gasteiger partial charge < -0.3 is 5.32 Å². The van der Waals surface area contributed by atoms with E-state index in [1.807, 2.05) is 6.92 Å². The fraction of sp³-hybridized carbons (Fsp3) is 0.300. The van der Waals surface area contributed by atoms with Gasteiger partial charge in [0.1, 0.15) is 6.04 Å². The highest BCUT2D eigenvalue weighted by Gasteiger charge is 2.31. The van der Waals surface area contributed by atoms with Crippen molar-refractivity contribution in [2.75, 3.05) is 15.9 Å². The molecule has 144 valence electrons. The predicted octanol–water partition coefficient (Wildman–Crippen LogP) is 3.38. The molecule has 6 nitrogen and oxygen atoms in total. The average molecular weight is 388 g/mol. The van der Waals surface area contributed by atoms with Crippen molar-refractivity contribution in [3.05, 3.63) is 59.7 Å². The van der Waals surface area contributed by atoms with Gasteiger partial charge in [0.05, 0.1) is 11.9 Å². The van der Waals surface area contributed by atoms with Gasteiger partial charge in [0.25, 0.3) is 0 Å². The molecule has 1 amide bonds. The van der Waals surface area contributed by atoms with Gasteiger partial charge in [-0.3, -0.25) is 13.9 Å². The normalized spacial score (nSPS) is 12.3. The van der Waals surface area contributed by atoms with E-state index in [4.69, 9.17) is 0 Å². The number of carbonyl (C=O) groups is 2. The number of ketones is 1. The van der Waals surface area contributed by atoms with Gasteiger partial charge in [0, 0.05) is 11.3 Å². The standard InChI is InChI=1S/C20H24N2O4S/c1-5-19(20(24)21-17-8-6-7-16(13-17)15(3)23)22(27(4,25)26)18-11-9-14(2)10-12-18/h6-13,19H,5H2,1-4H3,(H,21,24)/t19-/m0/s1. The molecule has 7 heteroatoms. The summed E-state index contributed by atoms with van der Waals surface area (Å²) in [6.45, 7) is 5.10. The minimum Gasteiger partial charge on any atom is -0.324 e. The van der Waals surface area contributed by atoms with Crippen LogP contribution in [0.2, 0.25) is 0 Å². The van der Waals surface area contributed by atoms with E-state index in [-0.39, 0.29) is 5.78 Å². The molecule has 0 spiro atoms. The zero-order chi connectivity index (χ0) is 20.2. The first-order valence-corrected chi connectivity index (χ1v) is 10.5. The number of Topliss-reactive ketones (excluding diaryl/α,β-unsaturated/α-hetero) is 1. The van der Waals surface area contributed by atoms with Crippen LogP contribution in [0, 0.1) is 6.92 Å². The molecule has 0 fully saturated rings. The summed E-state index contributed by atoms with van der Waals surface area (Å²) in [5.41, 5.74) is 2.34. The van der Waals surface area contributed by atoms with E-state index in [1.54, 1.807) is 55.5 Å². The van der Waals surface area contributed by atoms with Gasteiger partial charge in [-0.15, -0.1) is 0 Å². The average Bonchev–Trinajstić information content (AvgIpc) is 2.59. The van der Waals surface area contributed by atoms with Crippen molar-refractivity contribution in [2.24, 2.45) is 0 Å². The Labute approximate surface area is 160 Å². The number of benzene rings is 2. The largest absolute Gasteiger partial charge is 0.324 e. The summed E-state index contributed by atoms with van der Waals surface area (Å²) in [5, 5.41) is 2.72. The first-order valence-electron chi connectivity index (χ1n) is 8.61. The lowest BCUT2D eigenvalue weighted by molar-refractivity contribution is -0.117. The van der Waals surface area contributed by atoms with E-state index in [1.165, 1.54) is 6.92 Å². The highest BCUT2D eigenvalue weighted by Crippen LogP contribution is 2.24. The highest BCUT2D eigenvalue weighted by atomic mass is 32.2. The molecule has 1 N–H and O–H groups in total. The Morgan fingerprint density at radius 3 is 2.26 bits per heavy atom. The lowest BCUT2D eigenvalue weighted by Gasteiger charge is -2.30. The number of sulfonamides is 1. The molecule has 2 aromatic carbocycles. The van der Waals surface area contributed by atoms with Crippen LogP contribution in [0.3, 0.4) is 0 Å². The molecule has 0 saturated carbocycles. The molecular formula is C20H24N2O4S. The van der Waals surface area contributed by atoms with Crippen molar-refractivity contribution in [3.8, 4) is 0 Å². The Morgan fingerprint density at radius 2 is 1.74 bits per heavy atom. The highest BCUT2D eigenvalue weighted by molar-refractivity contribution is 7.92. The van der Waals surface area contributed by atoms with Crippen LogP contribution < -0.4 is 9.62 Å².